The van der Waals surface area contributed by atoms with Gasteiger partial charge in [0.15, 0.2) is 11.6 Å². The molecule has 2 rings (SSSR count). The molecule has 0 bridgehead atoms. The molecule has 0 aliphatic heterocycles. The number of nitrogens with one attached hydrogen (secondary N) is 1. The minimum Gasteiger partial charge on any atom is -0.491 e. The normalized spacial score (nSPS) is 11.9. The van der Waals surface area contributed by atoms with E-state index >= 15 is 0 Å². The van der Waals surface area contributed by atoms with E-state index in [9.17, 15) is 17.6 Å². The second-order valence-corrected chi connectivity index (χ2v) is 9.29. The maximum Gasteiger partial charge on any atom is 0.264 e. The Kier molecular flexibility index (Phi) is 6.82. The molecule has 0 fully saturated rings. The lowest BCUT2D eigenvalue weighted by Crippen LogP contribution is -2.31. The van der Waals surface area contributed by atoms with Crippen LogP contribution in [0.3, 0.4) is 0 Å². The largest absolute Gasteiger partial charge is 0.491 e. The van der Waals surface area contributed by atoms with Crippen LogP contribution in [0, 0.1) is 12.7 Å². The minimum absolute atomic E-state index is 0.0499. The lowest BCUT2D eigenvalue weighted by Gasteiger charge is -2.20. The van der Waals surface area contributed by atoms with E-state index in [1.54, 1.807) is 31.2 Å². The second kappa shape index (κ2) is 8.73. The number of aryl methyl sites for hydroxylation is 1. The van der Waals surface area contributed by atoms with Crippen LogP contribution in [0.4, 0.5) is 4.39 Å². The van der Waals surface area contributed by atoms with Crippen LogP contribution in [-0.4, -0.2) is 20.9 Å². The molecular formula is C21H26FNO4S. The van der Waals surface area contributed by atoms with Gasteiger partial charge in [-0.05, 0) is 48.1 Å². The quantitative estimate of drug-likeness (QED) is 0.702. The van der Waals surface area contributed by atoms with Crippen molar-refractivity contribution in [2.75, 3.05) is 6.61 Å². The van der Waals surface area contributed by atoms with Crippen molar-refractivity contribution in [1.82, 2.24) is 4.72 Å². The average Bonchev–Trinajstić information content (AvgIpc) is 2.59. The fourth-order valence-electron chi connectivity index (χ4n) is 2.59. The van der Waals surface area contributed by atoms with E-state index in [2.05, 4.69) is 4.72 Å². The fraction of sp³-hybridized carbons (Fsp3) is 0.381. The molecule has 2 aromatic rings. The Morgan fingerprint density at radius 2 is 1.82 bits per heavy atom. The van der Waals surface area contributed by atoms with Gasteiger partial charge in [0.2, 0.25) is 5.91 Å². The highest BCUT2D eigenvalue weighted by molar-refractivity contribution is 7.90. The number of halogens is 1. The van der Waals surface area contributed by atoms with Crippen LogP contribution in [0.25, 0.3) is 0 Å². The molecule has 28 heavy (non-hydrogen) atoms. The van der Waals surface area contributed by atoms with Crippen molar-refractivity contribution >= 4 is 15.9 Å². The van der Waals surface area contributed by atoms with Crippen molar-refractivity contribution in [2.45, 2.75) is 50.8 Å². The van der Waals surface area contributed by atoms with E-state index in [1.807, 2.05) is 26.8 Å². The van der Waals surface area contributed by atoms with Crippen molar-refractivity contribution in [1.29, 1.82) is 0 Å². The van der Waals surface area contributed by atoms with Crippen molar-refractivity contribution in [3.8, 4) is 5.75 Å². The summed E-state index contributed by atoms with van der Waals surface area (Å²) in [7, 11) is -3.97. The van der Waals surface area contributed by atoms with Crippen LogP contribution in [0.15, 0.2) is 47.4 Å². The minimum atomic E-state index is -3.97. The fourth-order valence-corrected chi connectivity index (χ4v) is 3.87. The molecule has 0 aromatic heterocycles. The summed E-state index contributed by atoms with van der Waals surface area (Å²) in [5.74, 6) is -1.01. The molecule has 152 valence electrons. The lowest BCUT2D eigenvalue weighted by atomic mass is 9.87. The Hall–Kier alpha value is -2.41. The zero-order chi connectivity index (χ0) is 20.9. The first kappa shape index (κ1) is 21.9. The van der Waals surface area contributed by atoms with Gasteiger partial charge in [0.25, 0.3) is 10.0 Å². The third-order valence-corrected chi connectivity index (χ3v) is 5.75. The van der Waals surface area contributed by atoms with Gasteiger partial charge in [-0.1, -0.05) is 45.0 Å². The van der Waals surface area contributed by atoms with Crippen LogP contribution in [0.2, 0.25) is 0 Å². The highest BCUT2D eigenvalue weighted by Crippen LogP contribution is 2.26. The van der Waals surface area contributed by atoms with Crippen molar-refractivity contribution in [3.05, 3.63) is 59.4 Å². The summed E-state index contributed by atoms with van der Waals surface area (Å²) >= 11 is 0. The zero-order valence-corrected chi connectivity index (χ0v) is 17.4. The number of amides is 1. The van der Waals surface area contributed by atoms with Gasteiger partial charge in [0, 0.05) is 6.42 Å². The maximum atomic E-state index is 13.5. The second-order valence-electron chi connectivity index (χ2n) is 7.64. The summed E-state index contributed by atoms with van der Waals surface area (Å²) in [6, 6.07) is 11.2. The van der Waals surface area contributed by atoms with Gasteiger partial charge in [-0.3, -0.25) is 4.79 Å². The number of hydrogen-bond acceptors (Lipinski definition) is 4. The van der Waals surface area contributed by atoms with Crippen molar-refractivity contribution in [2.24, 2.45) is 0 Å². The zero-order valence-electron chi connectivity index (χ0n) is 16.6. The summed E-state index contributed by atoms with van der Waals surface area (Å²) in [6.45, 7) is 7.76. The van der Waals surface area contributed by atoms with Gasteiger partial charge in [-0.25, -0.2) is 17.5 Å². The van der Waals surface area contributed by atoms with Gasteiger partial charge in [0.05, 0.1) is 11.5 Å². The average molecular weight is 408 g/mol. The lowest BCUT2D eigenvalue weighted by molar-refractivity contribution is -0.119. The number of benzene rings is 2. The van der Waals surface area contributed by atoms with Crippen LogP contribution < -0.4 is 9.46 Å². The molecular weight excluding hydrogens is 381 g/mol. The van der Waals surface area contributed by atoms with Gasteiger partial charge >= 0.3 is 0 Å². The van der Waals surface area contributed by atoms with E-state index in [1.165, 1.54) is 12.1 Å². The molecule has 0 atom stereocenters. The van der Waals surface area contributed by atoms with Gasteiger partial charge in [-0.2, -0.15) is 0 Å². The van der Waals surface area contributed by atoms with Crippen molar-refractivity contribution < 1.29 is 22.3 Å². The predicted octanol–water partition coefficient (Wildman–Crippen LogP) is 4.10. The molecule has 0 unspecified atom stereocenters. The first-order valence-corrected chi connectivity index (χ1v) is 10.5. The molecule has 0 radical (unpaired) electrons. The van der Waals surface area contributed by atoms with Crippen LogP contribution >= 0.6 is 0 Å². The smallest absolute Gasteiger partial charge is 0.264 e. The van der Waals surface area contributed by atoms with Crippen molar-refractivity contribution in [3.63, 3.8) is 0 Å². The highest BCUT2D eigenvalue weighted by atomic mass is 32.2. The molecule has 0 saturated heterocycles. The monoisotopic (exact) mass is 407 g/mol. The Balaban J connectivity index is 1.96. The molecule has 1 N–H and O–H groups in total. The number of rotatable bonds is 7. The number of para-hydroxylation sites is 1. The Bertz CT molecular complexity index is 949. The standard InChI is InChI=1S/C21H26FNO4S/c1-15-11-12-16(21(2,3)4)14-19(15)28(25,26)23-20(24)10-7-13-27-18-9-6-5-8-17(18)22/h5-6,8-9,11-12,14H,7,10,13H2,1-4H3,(H,23,24). The number of carbonyl (C=O) groups is 1. The van der Waals surface area contributed by atoms with E-state index in [-0.39, 0.29) is 35.5 Å². The molecule has 5 nitrogen and oxygen atoms in total. The SMILES string of the molecule is Cc1ccc(C(C)(C)C)cc1S(=O)(=O)NC(=O)CCCOc1ccccc1F. The van der Waals surface area contributed by atoms with Gasteiger partial charge in [0.1, 0.15) is 0 Å². The maximum absolute atomic E-state index is 13.5. The van der Waals surface area contributed by atoms with Crippen LogP contribution in [0.5, 0.6) is 5.75 Å². The molecule has 0 aliphatic rings. The number of sulfonamides is 1. The predicted molar refractivity (Wildman–Crippen MR) is 106 cm³/mol. The van der Waals surface area contributed by atoms with E-state index in [4.69, 9.17) is 4.74 Å². The summed E-state index contributed by atoms with van der Waals surface area (Å²) in [5.41, 5.74) is 1.21. The molecule has 2 aromatic carbocycles. The first-order chi connectivity index (χ1) is 13.0. The van der Waals surface area contributed by atoms with E-state index in [0.717, 1.165) is 5.56 Å². The van der Waals surface area contributed by atoms with Crippen LogP contribution in [-0.2, 0) is 20.2 Å². The van der Waals surface area contributed by atoms with E-state index in [0.29, 0.717) is 5.56 Å². The molecule has 7 heteroatoms. The summed E-state index contributed by atoms with van der Waals surface area (Å²) in [6.07, 6.45) is 0.211. The Morgan fingerprint density at radius 3 is 2.46 bits per heavy atom. The number of carbonyl (C=O) groups excluding carboxylic acids is 1. The summed E-state index contributed by atoms with van der Waals surface area (Å²) < 4.78 is 46.1. The third-order valence-electron chi connectivity index (χ3n) is 4.23. The van der Waals surface area contributed by atoms with Crippen LogP contribution in [0.1, 0.15) is 44.7 Å². The number of ether oxygens (including phenoxy) is 1. The Labute approximate surface area is 166 Å². The summed E-state index contributed by atoms with van der Waals surface area (Å²) in [4.78, 5) is 12.2. The van der Waals surface area contributed by atoms with Gasteiger partial charge < -0.3 is 4.74 Å². The summed E-state index contributed by atoms with van der Waals surface area (Å²) in [5, 5.41) is 0. The molecule has 0 heterocycles. The first-order valence-electron chi connectivity index (χ1n) is 9.05. The molecule has 1 amide bonds. The van der Waals surface area contributed by atoms with Gasteiger partial charge in [-0.15, -0.1) is 0 Å². The molecule has 0 saturated carbocycles. The number of hydrogen-bond donors (Lipinski definition) is 1. The topological polar surface area (TPSA) is 72.5 Å². The van der Waals surface area contributed by atoms with E-state index < -0.39 is 21.7 Å². The highest BCUT2D eigenvalue weighted by Gasteiger charge is 2.23. The Morgan fingerprint density at radius 1 is 1.14 bits per heavy atom. The molecule has 0 aliphatic carbocycles. The molecule has 0 spiro atoms. The third kappa shape index (κ3) is 5.79.